The van der Waals surface area contributed by atoms with Crippen molar-refractivity contribution in [2.45, 2.75) is 20.0 Å². The lowest BCUT2D eigenvalue weighted by Gasteiger charge is -2.17. The Hall–Kier alpha value is -1.30. The normalized spacial score (nSPS) is 12.4. The topological polar surface area (TPSA) is 52.4 Å². The predicted molar refractivity (Wildman–Crippen MR) is 82.2 cm³/mol. The van der Waals surface area contributed by atoms with Gasteiger partial charge in [0.1, 0.15) is 19.3 Å². The Balaban J connectivity index is 2.20. The molecule has 5 heteroatoms. The van der Waals surface area contributed by atoms with Crippen molar-refractivity contribution < 1.29 is 24.2 Å². The zero-order valence-electron chi connectivity index (χ0n) is 13.3. The molecule has 2 N–H and O–H groups in total. The molecule has 5 nitrogen and oxygen atoms in total. The first-order chi connectivity index (χ1) is 10.2. The molecule has 1 rings (SSSR count). The Labute approximate surface area is 127 Å². The monoisotopic (exact) mass is 298 g/mol. The van der Waals surface area contributed by atoms with Crippen LogP contribution in [0.25, 0.3) is 0 Å². The Kier molecular flexibility index (Phi) is 8.82. The van der Waals surface area contributed by atoms with E-state index in [4.69, 9.17) is 14.2 Å². The molecule has 21 heavy (non-hydrogen) atoms. The first kappa shape index (κ1) is 17.8. The van der Waals surface area contributed by atoms with Crippen molar-refractivity contribution in [2.75, 3.05) is 46.6 Å². The van der Waals surface area contributed by atoms with Gasteiger partial charge in [0.15, 0.2) is 11.5 Å². The Morgan fingerprint density at radius 3 is 2.38 bits per heavy atom. The number of quaternary nitrogens is 1. The summed E-state index contributed by atoms with van der Waals surface area (Å²) in [5.41, 5.74) is 0. The highest BCUT2D eigenvalue weighted by Crippen LogP contribution is 2.25. The second-order valence-corrected chi connectivity index (χ2v) is 4.90. The van der Waals surface area contributed by atoms with Crippen molar-refractivity contribution in [2.24, 2.45) is 0 Å². The van der Waals surface area contributed by atoms with Crippen molar-refractivity contribution in [3.63, 3.8) is 0 Å². The van der Waals surface area contributed by atoms with Crippen LogP contribution in [0.5, 0.6) is 11.5 Å². The van der Waals surface area contributed by atoms with Crippen LogP contribution in [-0.2, 0) is 4.74 Å². The molecule has 0 fully saturated rings. The summed E-state index contributed by atoms with van der Waals surface area (Å²) >= 11 is 0. The summed E-state index contributed by atoms with van der Waals surface area (Å²) in [5.74, 6) is 1.29. The van der Waals surface area contributed by atoms with Crippen molar-refractivity contribution in [3.8, 4) is 11.5 Å². The molecule has 0 amide bonds. The summed E-state index contributed by atoms with van der Waals surface area (Å²) in [6.45, 7) is 8.62. The van der Waals surface area contributed by atoms with Crippen LogP contribution in [0.1, 0.15) is 13.8 Å². The number of aliphatic hydroxyl groups is 1. The minimum absolute atomic E-state index is 0.193. The number of likely N-dealkylation sites (N-methyl/N-ethyl adjacent to an activating group) is 1. The quantitative estimate of drug-likeness (QED) is 0.580. The molecule has 0 unspecified atom stereocenters. The molecule has 0 saturated heterocycles. The highest BCUT2D eigenvalue weighted by Gasteiger charge is 2.09. The molecule has 0 spiro atoms. The van der Waals surface area contributed by atoms with Crippen LogP contribution in [0.15, 0.2) is 24.3 Å². The van der Waals surface area contributed by atoms with E-state index >= 15 is 0 Å². The largest absolute Gasteiger partial charge is 0.493 e. The number of rotatable bonds is 11. The molecule has 1 aromatic carbocycles. The van der Waals surface area contributed by atoms with Crippen LogP contribution in [0.4, 0.5) is 0 Å². The summed E-state index contributed by atoms with van der Waals surface area (Å²) in [4.78, 5) is 1.50. The molecule has 0 aliphatic heterocycles. The molecule has 0 aromatic heterocycles. The molecule has 0 radical (unpaired) electrons. The summed E-state index contributed by atoms with van der Waals surface area (Å²) in [7, 11) is 1.59. The summed E-state index contributed by atoms with van der Waals surface area (Å²) in [6, 6.07) is 7.38. The number of hydrogen-bond acceptors (Lipinski definition) is 4. The zero-order chi connectivity index (χ0) is 15.5. The highest BCUT2D eigenvalue weighted by molar-refractivity contribution is 5.39. The fourth-order valence-corrected chi connectivity index (χ4v) is 2.01. The van der Waals surface area contributed by atoms with Gasteiger partial charge in [0.05, 0.1) is 33.4 Å². The fourth-order valence-electron chi connectivity index (χ4n) is 2.01. The lowest BCUT2D eigenvalue weighted by molar-refractivity contribution is -0.896. The fraction of sp³-hybridized carbons (Fsp3) is 0.625. The van der Waals surface area contributed by atoms with Crippen LogP contribution >= 0.6 is 0 Å². The van der Waals surface area contributed by atoms with Crippen molar-refractivity contribution in [1.82, 2.24) is 0 Å². The zero-order valence-corrected chi connectivity index (χ0v) is 13.3. The number of para-hydroxylation sites is 2. The van der Waals surface area contributed by atoms with Crippen molar-refractivity contribution in [1.29, 1.82) is 0 Å². The maximum atomic E-state index is 9.86. The number of hydrogen-bond donors (Lipinski definition) is 2. The van der Waals surface area contributed by atoms with Gasteiger partial charge in [0.25, 0.3) is 0 Å². The number of aliphatic hydroxyl groups excluding tert-OH is 1. The van der Waals surface area contributed by atoms with Gasteiger partial charge >= 0.3 is 0 Å². The lowest BCUT2D eigenvalue weighted by Crippen LogP contribution is -3.11. The minimum atomic E-state index is -0.637. The molecule has 1 aromatic rings. The van der Waals surface area contributed by atoms with Gasteiger partial charge in [-0.1, -0.05) is 12.1 Å². The summed E-state index contributed by atoms with van der Waals surface area (Å²) in [6.07, 6.45) is -0.637. The Bertz CT molecular complexity index is 382. The average Bonchev–Trinajstić information content (AvgIpc) is 2.53. The van der Waals surface area contributed by atoms with Gasteiger partial charge in [-0.15, -0.1) is 0 Å². The van der Waals surface area contributed by atoms with E-state index in [9.17, 15) is 5.11 Å². The van der Waals surface area contributed by atoms with Crippen LogP contribution in [-0.4, -0.2) is 57.8 Å². The highest BCUT2D eigenvalue weighted by atomic mass is 16.5. The van der Waals surface area contributed by atoms with Gasteiger partial charge in [0, 0.05) is 0 Å². The van der Waals surface area contributed by atoms with Crippen molar-refractivity contribution in [3.05, 3.63) is 24.3 Å². The number of methoxy groups -OCH3 is 1. The number of ether oxygens (including phenoxy) is 3. The standard InChI is InChI=1S/C16H27NO4/c1-4-17(5-2)10-11-20-12-14(18)13-21-16-9-7-6-8-15(16)19-3/h6-9,14,18H,4-5,10-13H2,1-3H3/p+1/t14-/m0/s1. The molecule has 0 heterocycles. The average molecular weight is 298 g/mol. The van der Waals surface area contributed by atoms with Gasteiger partial charge in [-0.3, -0.25) is 0 Å². The third-order valence-corrected chi connectivity index (χ3v) is 3.41. The first-order valence-electron chi connectivity index (χ1n) is 7.56. The molecule has 0 aliphatic rings. The van der Waals surface area contributed by atoms with E-state index in [-0.39, 0.29) is 13.2 Å². The van der Waals surface area contributed by atoms with Crippen LogP contribution in [0.2, 0.25) is 0 Å². The van der Waals surface area contributed by atoms with E-state index < -0.39 is 6.10 Å². The Morgan fingerprint density at radius 2 is 1.76 bits per heavy atom. The van der Waals surface area contributed by atoms with E-state index in [2.05, 4.69) is 13.8 Å². The number of benzene rings is 1. The molecule has 0 aliphatic carbocycles. The van der Waals surface area contributed by atoms with E-state index in [0.29, 0.717) is 18.1 Å². The molecular formula is C16H28NO4+. The van der Waals surface area contributed by atoms with Crippen LogP contribution < -0.4 is 14.4 Å². The summed E-state index contributed by atoms with van der Waals surface area (Å²) < 4.78 is 16.2. The lowest BCUT2D eigenvalue weighted by atomic mass is 10.3. The SMILES string of the molecule is CC[NH+](CC)CCOC[C@H](O)COc1ccccc1OC. The van der Waals surface area contributed by atoms with Gasteiger partial charge in [-0.05, 0) is 26.0 Å². The van der Waals surface area contributed by atoms with Gasteiger partial charge < -0.3 is 24.2 Å². The van der Waals surface area contributed by atoms with Gasteiger partial charge in [0.2, 0.25) is 0 Å². The second-order valence-electron chi connectivity index (χ2n) is 4.90. The third kappa shape index (κ3) is 6.80. The maximum absolute atomic E-state index is 9.86. The first-order valence-corrected chi connectivity index (χ1v) is 7.56. The molecule has 0 saturated carbocycles. The number of nitrogens with one attached hydrogen (secondary N) is 1. The molecule has 1 atom stereocenters. The van der Waals surface area contributed by atoms with Crippen LogP contribution in [0, 0.1) is 0 Å². The maximum Gasteiger partial charge on any atom is 0.161 e. The summed E-state index contributed by atoms with van der Waals surface area (Å²) in [5, 5.41) is 9.86. The third-order valence-electron chi connectivity index (χ3n) is 3.41. The van der Waals surface area contributed by atoms with E-state index in [0.717, 1.165) is 19.6 Å². The molecular weight excluding hydrogens is 270 g/mol. The second kappa shape index (κ2) is 10.4. The minimum Gasteiger partial charge on any atom is -0.493 e. The van der Waals surface area contributed by atoms with E-state index in [1.54, 1.807) is 7.11 Å². The molecule has 120 valence electrons. The van der Waals surface area contributed by atoms with Crippen molar-refractivity contribution >= 4 is 0 Å². The van der Waals surface area contributed by atoms with Gasteiger partial charge in [-0.2, -0.15) is 0 Å². The van der Waals surface area contributed by atoms with E-state index in [1.807, 2.05) is 24.3 Å². The van der Waals surface area contributed by atoms with E-state index in [1.165, 1.54) is 4.90 Å². The Morgan fingerprint density at radius 1 is 1.10 bits per heavy atom. The predicted octanol–water partition coefficient (Wildman–Crippen LogP) is 0.376. The smallest absolute Gasteiger partial charge is 0.161 e. The van der Waals surface area contributed by atoms with Gasteiger partial charge in [-0.25, -0.2) is 0 Å². The molecule has 0 bridgehead atoms. The van der Waals surface area contributed by atoms with Crippen LogP contribution in [0.3, 0.4) is 0 Å².